The van der Waals surface area contributed by atoms with Crippen molar-refractivity contribution in [2.45, 2.75) is 24.8 Å². The lowest BCUT2D eigenvalue weighted by Crippen LogP contribution is -2.51. The summed E-state index contributed by atoms with van der Waals surface area (Å²) >= 11 is 0. The number of piperazine rings is 1. The molecule has 2 aliphatic rings. The number of benzene rings is 1. The van der Waals surface area contributed by atoms with Crippen molar-refractivity contribution in [1.82, 2.24) is 19.9 Å². The Morgan fingerprint density at radius 3 is 2.48 bits per heavy atom. The second-order valence-corrected chi connectivity index (χ2v) is 8.62. The van der Waals surface area contributed by atoms with Crippen LogP contribution in [0.2, 0.25) is 0 Å². The van der Waals surface area contributed by atoms with E-state index in [1.165, 1.54) is 0 Å². The van der Waals surface area contributed by atoms with Crippen LogP contribution in [0.5, 0.6) is 11.5 Å². The fourth-order valence-electron chi connectivity index (χ4n) is 4.46. The minimum atomic E-state index is -0.554. The number of amides is 1. The van der Waals surface area contributed by atoms with Crippen LogP contribution >= 0.6 is 0 Å². The molecule has 0 unspecified atom stereocenters. The van der Waals surface area contributed by atoms with Crippen LogP contribution in [-0.2, 0) is 16.8 Å². The van der Waals surface area contributed by atoms with E-state index < -0.39 is 5.41 Å². The maximum Gasteiger partial charge on any atom is 0.235 e. The van der Waals surface area contributed by atoms with E-state index in [1.54, 1.807) is 14.2 Å². The topological polar surface area (TPSA) is 80.9 Å². The van der Waals surface area contributed by atoms with Gasteiger partial charge in [0, 0.05) is 50.6 Å². The molecule has 8 heteroatoms. The van der Waals surface area contributed by atoms with Crippen LogP contribution in [0.25, 0.3) is 11.3 Å². The fraction of sp³-hybridized carbons (Fsp3) is 0.400. The second-order valence-electron chi connectivity index (χ2n) is 8.62. The Bertz CT molecular complexity index is 1120. The van der Waals surface area contributed by atoms with Crippen molar-refractivity contribution in [3.8, 4) is 22.8 Å². The van der Waals surface area contributed by atoms with Gasteiger partial charge >= 0.3 is 0 Å². The largest absolute Gasteiger partial charge is 0.493 e. The molecule has 8 nitrogen and oxygen atoms in total. The third-order valence-electron chi connectivity index (χ3n) is 6.60. The summed E-state index contributed by atoms with van der Waals surface area (Å²) in [7, 11) is 3.20. The molecule has 1 aliphatic heterocycles. The molecule has 0 spiro atoms. The van der Waals surface area contributed by atoms with Crippen molar-refractivity contribution < 1.29 is 18.8 Å². The zero-order chi connectivity index (χ0) is 22.8. The first-order valence-corrected chi connectivity index (χ1v) is 11.2. The normalized spacial score (nSPS) is 17.6. The molecule has 3 heterocycles. The predicted octanol–water partition coefficient (Wildman–Crippen LogP) is 3.13. The van der Waals surface area contributed by atoms with Crippen molar-refractivity contribution >= 4 is 5.91 Å². The summed E-state index contributed by atoms with van der Waals surface area (Å²) < 4.78 is 16.3. The van der Waals surface area contributed by atoms with Crippen molar-refractivity contribution in [3.63, 3.8) is 0 Å². The summed E-state index contributed by atoms with van der Waals surface area (Å²) in [6.07, 6.45) is 3.43. The summed E-state index contributed by atoms with van der Waals surface area (Å²) in [6.45, 7) is 3.93. The zero-order valence-corrected chi connectivity index (χ0v) is 19.0. The Kier molecular flexibility index (Phi) is 5.76. The SMILES string of the molecule is COc1ccc(-c2cc(C3(C(=O)N4CCN(Cc5ccccn5)CC4)CC3)no2)cc1OC. The molecule has 33 heavy (non-hydrogen) atoms. The third kappa shape index (κ3) is 4.18. The summed E-state index contributed by atoms with van der Waals surface area (Å²) in [6, 6.07) is 13.4. The monoisotopic (exact) mass is 448 g/mol. The molecule has 5 rings (SSSR count). The highest BCUT2D eigenvalue weighted by Gasteiger charge is 2.55. The molecule has 0 N–H and O–H groups in total. The number of nitrogens with zero attached hydrogens (tertiary/aromatic N) is 4. The minimum Gasteiger partial charge on any atom is -0.493 e. The first-order chi connectivity index (χ1) is 16.1. The lowest BCUT2D eigenvalue weighted by atomic mass is 9.99. The Labute approximate surface area is 193 Å². The molecule has 1 amide bonds. The summed E-state index contributed by atoms with van der Waals surface area (Å²) in [5.74, 6) is 2.04. The molecule has 1 saturated heterocycles. The Hall–Kier alpha value is -3.39. The van der Waals surface area contributed by atoms with Crippen LogP contribution in [0.1, 0.15) is 24.2 Å². The van der Waals surface area contributed by atoms with Crippen molar-refractivity contribution in [2.24, 2.45) is 0 Å². The van der Waals surface area contributed by atoms with Gasteiger partial charge in [-0.15, -0.1) is 0 Å². The maximum absolute atomic E-state index is 13.5. The molecule has 2 fully saturated rings. The number of carbonyl (C=O) groups excluding carboxylic acids is 1. The molecule has 3 aromatic rings. The number of carbonyl (C=O) groups is 1. The second kappa shape index (κ2) is 8.86. The lowest BCUT2D eigenvalue weighted by Gasteiger charge is -2.36. The van der Waals surface area contributed by atoms with Crippen LogP contribution < -0.4 is 9.47 Å². The number of rotatable bonds is 7. The van der Waals surface area contributed by atoms with Gasteiger partial charge in [0.2, 0.25) is 5.91 Å². The molecule has 0 bridgehead atoms. The maximum atomic E-state index is 13.5. The van der Waals surface area contributed by atoms with Gasteiger partial charge in [0.05, 0.1) is 31.0 Å². The number of aromatic nitrogens is 2. The predicted molar refractivity (Wildman–Crippen MR) is 122 cm³/mol. The molecule has 2 aromatic heterocycles. The number of hydrogen-bond acceptors (Lipinski definition) is 7. The molecule has 172 valence electrons. The molecule has 1 aliphatic carbocycles. The van der Waals surface area contributed by atoms with Gasteiger partial charge in [-0.1, -0.05) is 11.2 Å². The van der Waals surface area contributed by atoms with Gasteiger partial charge in [-0.05, 0) is 43.2 Å². The van der Waals surface area contributed by atoms with E-state index >= 15 is 0 Å². The molecule has 0 atom stereocenters. The van der Waals surface area contributed by atoms with Crippen LogP contribution in [0, 0.1) is 0 Å². The molecule has 1 saturated carbocycles. The number of methoxy groups -OCH3 is 2. The quantitative estimate of drug-likeness (QED) is 0.549. The minimum absolute atomic E-state index is 0.159. The van der Waals surface area contributed by atoms with Gasteiger partial charge < -0.3 is 18.9 Å². The first kappa shape index (κ1) is 21.5. The number of pyridine rings is 1. The molecule has 0 radical (unpaired) electrons. The van der Waals surface area contributed by atoms with Crippen molar-refractivity contribution in [2.75, 3.05) is 40.4 Å². The highest BCUT2D eigenvalue weighted by Crippen LogP contribution is 2.50. The van der Waals surface area contributed by atoms with E-state index in [1.807, 2.05) is 53.6 Å². The molecular weight excluding hydrogens is 420 g/mol. The Morgan fingerprint density at radius 2 is 1.82 bits per heavy atom. The average molecular weight is 449 g/mol. The Balaban J connectivity index is 1.26. The van der Waals surface area contributed by atoms with Gasteiger partial charge in [-0.3, -0.25) is 14.7 Å². The van der Waals surface area contributed by atoms with E-state index in [4.69, 9.17) is 14.0 Å². The summed E-state index contributed by atoms with van der Waals surface area (Å²) in [4.78, 5) is 22.2. The van der Waals surface area contributed by atoms with Gasteiger partial charge in [0.1, 0.15) is 0 Å². The molecular formula is C25H28N4O4. The van der Waals surface area contributed by atoms with Crippen LogP contribution in [0.15, 0.2) is 53.2 Å². The number of ether oxygens (including phenoxy) is 2. The van der Waals surface area contributed by atoms with E-state index in [0.29, 0.717) is 36.0 Å². The summed E-state index contributed by atoms with van der Waals surface area (Å²) in [5, 5.41) is 4.30. The van der Waals surface area contributed by atoms with Crippen LogP contribution in [0.3, 0.4) is 0 Å². The van der Waals surface area contributed by atoms with E-state index in [2.05, 4.69) is 15.0 Å². The average Bonchev–Trinajstić information content (AvgIpc) is 3.53. The van der Waals surface area contributed by atoms with Gasteiger partial charge in [-0.2, -0.15) is 0 Å². The highest BCUT2D eigenvalue weighted by molar-refractivity contribution is 5.91. The van der Waals surface area contributed by atoms with E-state index in [0.717, 1.165) is 43.7 Å². The van der Waals surface area contributed by atoms with Gasteiger partial charge in [0.25, 0.3) is 0 Å². The van der Waals surface area contributed by atoms with Gasteiger partial charge in [-0.25, -0.2) is 0 Å². The van der Waals surface area contributed by atoms with E-state index in [9.17, 15) is 4.79 Å². The standard InChI is InChI=1S/C25H28N4O4/c1-31-20-7-6-18(15-22(20)32-2)21-16-23(27-33-21)25(8-9-25)24(30)29-13-11-28(12-14-29)17-19-5-3-4-10-26-19/h3-7,10,15-16H,8-9,11-14,17H2,1-2H3. The first-order valence-electron chi connectivity index (χ1n) is 11.2. The highest BCUT2D eigenvalue weighted by atomic mass is 16.5. The van der Waals surface area contributed by atoms with Crippen molar-refractivity contribution in [3.05, 3.63) is 60.0 Å². The zero-order valence-electron chi connectivity index (χ0n) is 19.0. The van der Waals surface area contributed by atoms with E-state index in [-0.39, 0.29) is 5.91 Å². The smallest absolute Gasteiger partial charge is 0.235 e. The number of hydrogen-bond donors (Lipinski definition) is 0. The third-order valence-corrected chi connectivity index (χ3v) is 6.60. The van der Waals surface area contributed by atoms with Crippen molar-refractivity contribution in [1.29, 1.82) is 0 Å². The Morgan fingerprint density at radius 1 is 1.03 bits per heavy atom. The lowest BCUT2D eigenvalue weighted by molar-refractivity contribution is -0.136. The van der Waals surface area contributed by atoms with Gasteiger partial charge in [0.15, 0.2) is 17.3 Å². The summed E-state index contributed by atoms with van der Waals surface area (Å²) in [5.41, 5.74) is 2.05. The molecule has 1 aromatic carbocycles. The van der Waals surface area contributed by atoms with Crippen LogP contribution in [0.4, 0.5) is 0 Å². The van der Waals surface area contributed by atoms with Crippen LogP contribution in [-0.4, -0.2) is 66.2 Å². The fourth-order valence-corrected chi connectivity index (χ4v) is 4.46.